The van der Waals surface area contributed by atoms with Gasteiger partial charge in [0.05, 0.1) is 32.5 Å². The summed E-state index contributed by atoms with van der Waals surface area (Å²) in [6, 6.07) is 16.3. The maximum absolute atomic E-state index is 12.3. The van der Waals surface area contributed by atoms with E-state index in [1.54, 1.807) is 50.7 Å². The number of ether oxygens (including phenoxy) is 2. The third kappa shape index (κ3) is 5.14. The molecule has 0 fully saturated rings. The van der Waals surface area contributed by atoms with Crippen molar-refractivity contribution in [3.05, 3.63) is 71.4 Å². The van der Waals surface area contributed by atoms with Crippen LogP contribution in [0.4, 0.5) is 17.2 Å². The molecule has 0 aliphatic rings. The van der Waals surface area contributed by atoms with Crippen LogP contribution in [-0.2, 0) is 11.2 Å². The minimum atomic E-state index is -0.168. The molecular formula is C21H20ClN3O3. The Hall–Kier alpha value is -3.25. The maximum atomic E-state index is 12.3. The standard InChI is InChI=1S/C21H20ClN3O3/c1-27-18-9-3-14(11-19(18)28-2)12-21(26)25-20-10-8-17(13-23-20)24-16-6-4-15(22)5-7-16/h3-11,13,24H,12H2,1-2H3,(H,23,25,26). The van der Waals surface area contributed by atoms with Gasteiger partial charge >= 0.3 is 0 Å². The number of anilines is 3. The van der Waals surface area contributed by atoms with Crippen LogP contribution in [0.2, 0.25) is 5.02 Å². The molecule has 0 saturated heterocycles. The van der Waals surface area contributed by atoms with Gasteiger partial charge in [-0.05, 0) is 54.1 Å². The topological polar surface area (TPSA) is 72.5 Å². The zero-order chi connectivity index (χ0) is 19.9. The van der Waals surface area contributed by atoms with Crippen LogP contribution >= 0.6 is 11.6 Å². The Balaban J connectivity index is 1.59. The van der Waals surface area contributed by atoms with E-state index in [2.05, 4.69) is 15.6 Å². The molecule has 2 aromatic carbocycles. The van der Waals surface area contributed by atoms with Gasteiger partial charge in [-0.1, -0.05) is 17.7 Å². The number of pyridine rings is 1. The van der Waals surface area contributed by atoms with Gasteiger partial charge in [0.2, 0.25) is 5.91 Å². The monoisotopic (exact) mass is 397 g/mol. The third-order valence-corrected chi connectivity index (χ3v) is 4.23. The Bertz CT molecular complexity index is 944. The fourth-order valence-electron chi connectivity index (χ4n) is 2.60. The van der Waals surface area contributed by atoms with Crippen LogP contribution in [0.25, 0.3) is 0 Å². The first-order valence-electron chi connectivity index (χ1n) is 8.57. The molecule has 0 aliphatic heterocycles. The summed E-state index contributed by atoms with van der Waals surface area (Å²) in [5, 5.41) is 6.68. The van der Waals surface area contributed by atoms with E-state index in [-0.39, 0.29) is 12.3 Å². The highest BCUT2D eigenvalue weighted by molar-refractivity contribution is 6.30. The van der Waals surface area contributed by atoms with Crippen molar-refractivity contribution >= 4 is 34.7 Å². The van der Waals surface area contributed by atoms with Crippen LogP contribution in [0.1, 0.15) is 5.56 Å². The summed E-state index contributed by atoms with van der Waals surface area (Å²) in [7, 11) is 3.13. The largest absolute Gasteiger partial charge is 0.493 e. The number of benzene rings is 2. The van der Waals surface area contributed by atoms with Crippen LogP contribution in [0.5, 0.6) is 11.5 Å². The molecule has 0 aliphatic carbocycles. The summed E-state index contributed by atoms with van der Waals surface area (Å²) in [5.41, 5.74) is 2.52. The number of carbonyl (C=O) groups is 1. The van der Waals surface area contributed by atoms with Crippen LogP contribution in [-0.4, -0.2) is 25.1 Å². The number of hydrogen-bond donors (Lipinski definition) is 2. The van der Waals surface area contributed by atoms with Crippen LogP contribution in [0.3, 0.4) is 0 Å². The zero-order valence-corrected chi connectivity index (χ0v) is 16.3. The molecule has 3 aromatic rings. The normalized spacial score (nSPS) is 10.2. The fourth-order valence-corrected chi connectivity index (χ4v) is 2.73. The van der Waals surface area contributed by atoms with Crippen LogP contribution < -0.4 is 20.1 Å². The van der Waals surface area contributed by atoms with Gasteiger partial charge in [-0.25, -0.2) is 4.98 Å². The number of carbonyl (C=O) groups excluding carboxylic acids is 1. The number of nitrogens with zero attached hydrogens (tertiary/aromatic N) is 1. The average Bonchev–Trinajstić information content (AvgIpc) is 2.71. The van der Waals surface area contributed by atoms with E-state index < -0.39 is 0 Å². The Labute approximate surface area is 168 Å². The lowest BCUT2D eigenvalue weighted by Gasteiger charge is -2.10. The van der Waals surface area contributed by atoms with Crippen molar-refractivity contribution in [2.45, 2.75) is 6.42 Å². The maximum Gasteiger partial charge on any atom is 0.229 e. The smallest absolute Gasteiger partial charge is 0.229 e. The first-order valence-corrected chi connectivity index (χ1v) is 8.94. The zero-order valence-electron chi connectivity index (χ0n) is 15.5. The summed E-state index contributed by atoms with van der Waals surface area (Å²) in [6.07, 6.45) is 1.85. The van der Waals surface area contributed by atoms with E-state index in [1.807, 2.05) is 24.3 Å². The van der Waals surface area contributed by atoms with E-state index in [9.17, 15) is 4.79 Å². The van der Waals surface area contributed by atoms with E-state index in [4.69, 9.17) is 21.1 Å². The second-order valence-electron chi connectivity index (χ2n) is 5.98. The summed E-state index contributed by atoms with van der Waals surface area (Å²) in [5.74, 6) is 1.52. The van der Waals surface area contributed by atoms with Gasteiger partial charge in [-0.3, -0.25) is 4.79 Å². The number of rotatable bonds is 7. The summed E-state index contributed by atoms with van der Waals surface area (Å²) < 4.78 is 10.5. The van der Waals surface area contributed by atoms with E-state index in [1.165, 1.54) is 0 Å². The quantitative estimate of drug-likeness (QED) is 0.605. The van der Waals surface area contributed by atoms with Crippen molar-refractivity contribution in [1.29, 1.82) is 0 Å². The first-order chi connectivity index (χ1) is 13.6. The van der Waals surface area contributed by atoms with E-state index >= 15 is 0 Å². The molecule has 0 bridgehead atoms. The van der Waals surface area contributed by atoms with Gasteiger partial charge in [-0.2, -0.15) is 0 Å². The van der Waals surface area contributed by atoms with Crippen molar-refractivity contribution in [3.8, 4) is 11.5 Å². The Morgan fingerprint density at radius 3 is 2.32 bits per heavy atom. The van der Waals surface area contributed by atoms with Gasteiger partial charge in [0.15, 0.2) is 11.5 Å². The van der Waals surface area contributed by atoms with Crippen molar-refractivity contribution in [3.63, 3.8) is 0 Å². The number of halogens is 1. The minimum Gasteiger partial charge on any atom is -0.493 e. The molecule has 0 unspecified atom stereocenters. The van der Waals surface area contributed by atoms with Gasteiger partial charge in [-0.15, -0.1) is 0 Å². The highest BCUT2D eigenvalue weighted by atomic mass is 35.5. The van der Waals surface area contributed by atoms with Crippen LogP contribution in [0, 0.1) is 0 Å². The van der Waals surface area contributed by atoms with Crippen molar-refractivity contribution in [2.24, 2.45) is 0 Å². The predicted molar refractivity (Wildman–Crippen MR) is 111 cm³/mol. The molecular weight excluding hydrogens is 378 g/mol. The SMILES string of the molecule is COc1ccc(CC(=O)Nc2ccc(Nc3ccc(Cl)cc3)cn2)cc1OC. The molecule has 28 heavy (non-hydrogen) atoms. The summed E-state index contributed by atoms with van der Waals surface area (Å²) in [4.78, 5) is 16.6. The second-order valence-corrected chi connectivity index (χ2v) is 6.41. The fraction of sp³-hybridized carbons (Fsp3) is 0.143. The van der Waals surface area contributed by atoms with Gasteiger partial charge in [0, 0.05) is 10.7 Å². The van der Waals surface area contributed by atoms with Gasteiger partial charge < -0.3 is 20.1 Å². The van der Waals surface area contributed by atoms with Gasteiger partial charge in [0.25, 0.3) is 0 Å². The van der Waals surface area contributed by atoms with Crippen LogP contribution in [0.15, 0.2) is 60.8 Å². The molecule has 0 radical (unpaired) electrons. The van der Waals surface area contributed by atoms with Gasteiger partial charge in [0.1, 0.15) is 5.82 Å². The Kier molecular flexibility index (Phi) is 6.34. The lowest BCUT2D eigenvalue weighted by Crippen LogP contribution is -2.15. The van der Waals surface area contributed by atoms with Crippen molar-refractivity contribution in [1.82, 2.24) is 4.98 Å². The Morgan fingerprint density at radius 2 is 1.68 bits per heavy atom. The lowest BCUT2D eigenvalue weighted by molar-refractivity contribution is -0.115. The summed E-state index contributed by atoms with van der Waals surface area (Å²) in [6.45, 7) is 0. The first kappa shape index (κ1) is 19.5. The molecule has 1 amide bonds. The summed E-state index contributed by atoms with van der Waals surface area (Å²) >= 11 is 5.88. The molecule has 7 heteroatoms. The molecule has 2 N–H and O–H groups in total. The van der Waals surface area contributed by atoms with E-state index in [0.717, 1.165) is 16.9 Å². The number of aromatic nitrogens is 1. The van der Waals surface area contributed by atoms with Crippen molar-refractivity contribution in [2.75, 3.05) is 24.9 Å². The average molecular weight is 398 g/mol. The highest BCUT2D eigenvalue weighted by Gasteiger charge is 2.09. The van der Waals surface area contributed by atoms with Crippen molar-refractivity contribution < 1.29 is 14.3 Å². The molecule has 1 heterocycles. The number of amides is 1. The number of nitrogens with one attached hydrogen (secondary N) is 2. The number of methoxy groups -OCH3 is 2. The molecule has 3 rings (SSSR count). The molecule has 0 atom stereocenters. The Morgan fingerprint density at radius 1 is 0.964 bits per heavy atom. The third-order valence-electron chi connectivity index (χ3n) is 3.98. The predicted octanol–water partition coefficient (Wildman–Crippen LogP) is 4.68. The second kappa shape index (κ2) is 9.10. The minimum absolute atomic E-state index is 0.168. The lowest BCUT2D eigenvalue weighted by atomic mass is 10.1. The molecule has 6 nitrogen and oxygen atoms in total. The number of hydrogen-bond acceptors (Lipinski definition) is 5. The molecule has 1 aromatic heterocycles. The van der Waals surface area contributed by atoms with E-state index in [0.29, 0.717) is 22.3 Å². The molecule has 0 spiro atoms. The molecule has 0 saturated carbocycles. The highest BCUT2D eigenvalue weighted by Crippen LogP contribution is 2.27. The molecule has 144 valence electrons.